The van der Waals surface area contributed by atoms with Gasteiger partial charge in [-0.15, -0.1) is 10.2 Å². The average Bonchev–Trinajstić information content (AvgIpc) is 3.15. The molecule has 3 rings (SSSR count). The first kappa shape index (κ1) is 18.3. The van der Waals surface area contributed by atoms with Crippen LogP contribution in [0.5, 0.6) is 5.75 Å². The number of aromatic nitrogens is 3. The molecule has 2 heterocycles. The normalized spacial score (nSPS) is 12.1. The van der Waals surface area contributed by atoms with Crippen molar-refractivity contribution in [1.29, 1.82) is 0 Å². The summed E-state index contributed by atoms with van der Waals surface area (Å²) in [6.45, 7) is 0.0827. The molecule has 9 heteroatoms. The van der Waals surface area contributed by atoms with E-state index in [0.29, 0.717) is 17.2 Å². The summed E-state index contributed by atoms with van der Waals surface area (Å²) in [4.78, 5) is 4.19. The topological polar surface area (TPSA) is 89.8 Å². The van der Waals surface area contributed by atoms with Crippen LogP contribution in [0.15, 0.2) is 47.9 Å². The van der Waals surface area contributed by atoms with Crippen LogP contribution in [-0.2, 0) is 6.54 Å². The van der Waals surface area contributed by atoms with E-state index in [1.54, 1.807) is 23.6 Å². The molecule has 0 bridgehead atoms. The minimum Gasteiger partial charge on any atom is -0.496 e. The predicted octanol–water partition coefficient (Wildman–Crippen LogP) is 2.52. The monoisotopic (exact) mass is 372 g/mol. The third-order valence-corrected chi connectivity index (χ3v) is 4.01. The van der Waals surface area contributed by atoms with Gasteiger partial charge in [0.25, 0.3) is 0 Å². The van der Waals surface area contributed by atoms with Crippen LogP contribution in [0, 0.1) is 11.6 Å². The summed E-state index contributed by atoms with van der Waals surface area (Å²) >= 11 is 0. The molecule has 1 aromatic carbocycles. The number of aliphatic imine (C=N–C) groups is 1. The quantitative estimate of drug-likeness (QED) is 0.649. The number of hydrogen-bond donors (Lipinski definition) is 2. The first-order chi connectivity index (χ1) is 13.1. The number of ether oxygens (including phenoxy) is 1. The number of nitrogens with one attached hydrogen (secondary N) is 1. The summed E-state index contributed by atoms with van der Waals surface area (Å²) in [5.74, 6) is -0.635. The van der Waals surface area contributed by atoms with E-state index < -0.39 is 11.6 Å². The van der Waals surface area contributed by atoms with Crippen molar-refractivity contribution in [2.75, 3.05) is 19.5 Å². The number of fused-ring (bicyclic) bond motifs is 1. The Morgan fingerprint density at radius 3 is 2.89 bits per heavy atom. The van der Waals surface area contributed by atoms with E-state index in [1.165, 1.54) is 19.6 Å². The zero-order valence-corrected chi connectivity index (χ0v) is 14.8. The highest BCUT2D eigenvalue weighted by atomic mass is 19.1. The molecule has 0 atom stereocenters. The van der Waals surface area contributed by atoms with Crippen molar-refractivity contribution in [2.24, 2.45) is 10.7 Å². The molecule has 0 unspecified atom stereocenters. The van der Waals surface area contributed by atoms with Gasteiger partial charge in [0.1, 0.15) is 29.5 Å². The van der Waals surface area contributed by atoms with Gasteiger partial charge in [0.15, 0.2) is 5.65 Å². The zero-order chi connectivity index (χ0) is 19.4. The lowest BCUT2D eigenvalue weighted by Crippen LogP contribution is -2.09. The standard InChI is InChI=1S/C18H18F2N6O/c1-22-15(5-6-21)12-3-4-17(26-10-24-25-18(12)26)23-9-13-14(20)7-11(19)8-16(13)27-2/h3-8,10,23H,9,21H2,1-2H3. The lowest BCUT2D eigenvalue weighted by atomic mass is 10.1. The van der Waals surface area contributed by atoms with Crippen molar-refractivity contribution in [3.05, 3.63) is 65.6 Å². The summed E-state index contributed by atoms with van der Waals surface area (Å²) in [7, 11) is 3.01. The lowest BCUT2D eigenvalue weighted by Gasteiger charge is -2.14. The molecule has 7 nitrogen and oxygen atoms in total. The first-order valence-electron chi connectivity index (χ1n) is 8.03. The van der Waals surface area contributed by atoms with Crippen LogP contribution < -0.4 is 15.8 Å². The fourth-order valence-electron chi connectivity index (χ4n) is 2.74. The van der Waals surface area contributed by atoms with Crippen molar-refractivity contribution in [3.63, 3.8) is 0 Å². The van der Waals surface area contributed by atoms with Crippen LogP contribution in [0.2, 0.25) is 0 Å². The van der Waals surface area contributed by atoms with Crippen molar-refractivity contribution in [3.8, 4) is 5.75 Å². The van der Waals surface area contributed by atoms with Gasteiger partial charge in [0, 0.05) is 36.9 Å². The summed E-state index contributed by atoms with van der Waals surface area (Å²) in [5, 5.41) is 11.1. The molecule has 0 fully saturated rings. The van der Waals surface area contributed by atoms with Crippen LogP contribution >= 0.6 is 0 Å². The number of pyridine rings is 1. The van der Waals surface area contributed by atoms with E-state index in [1.807, 2.05) is 6.07 Å². The van der Waals surface area contributed by atoms with Gasteiger partial charge in [-0.1, -0.05) is 0 Å². The minimum absolute atomic E-state index is 0.0827. The van der Waals surface area contributed by atoms with Crippen molar-refractivity contribution < 1.29 is 13.5 Å². The molecule has 2 aromatic heterocycles. The fraction of sp³-hybridized carbons (Fsp3) is 0.167. The molecule has 0 aliphatic rings. The largest absolute Gasteiger partial charge is 0.496 e. The Labute approximate surface area is 154 Å². The minimum atomic E-state index is -0.696. The van der Waals surface area contributed by atoms with Gasteiger partial charge < -0.3 is 15.8 Å². The summed E-state index contributed by atoms with van der Waals surface area (Å²) in [6, 6.07) is 5.56. The van der Waals surface area contributed by atoms with E-state index in [9.17, 15) is 8.78 Å². The molecule has 0 radical (unpaired) electrons. The number of benzene rings is 1. The number of nitrogens with zero attached hydrogens (tertiary/aromatic N) is 4. The van der Waals surface area contributed by atoms with E-state index in [0.717, 1.165) is 17.7 Å². The van der Waals surface area contributed by atoms with Crippen molar-refractivity contribution >= 4 is 17.2 Å². The van der Waals surface area contributed by atoms with Gasteiger partial charge in [-0.2, -0.15) is 0 Å². The van der Waals surface area contributed by atoms with Crippen LogP contribution in [0.1, 0.15) is 11.1 Å². The zero-order valence-electron chi connectivity index (χ0n) is 14.8. The lowest BCUT2D eigenvalue weighted by molar-refractivity contribution is 0.400. The highest BCUT2D eigenvalue weighted by Gasteiger charge is 2.14. The van der Waals surface area contributed by atoms with Crippen molar-refractivity contribution in [2.45, 2.75) is 6.54 Å². The number of rotatable bonds is 6. The highest BCUT2D eigenvalue weighted by molar-refractivity contribution is 6.12. The maximum atomic E-state index is 14.1. The summed E-state index contributed by atoms with van der Waals surface area (Å²) < 4.78 is 34.3. The second kappa shape index (κ2) is 7.81. The van der Waals surface area contributed by atoms with E-state index in [4.69, 9.17) is 10.5 Å². The third-order valence-electron chi connectivity index (χ3n) is 4.01. The van der Waals surface area contributed by atoms with Crippen LogP contribution in [-0.4, -0.2) is 34.5 Å². The van der Waals surface area contributed by atoms with Gasteiger partial charge in [0.2, 0.25) is 0 Å². The van der Waals surface area contributed by atoms with E-state index in [-0.39, 0.29) is 17.9 Å². The molecule has 0 amide bonds. The Kier molecular flexibility index (Phi) is 5.30. The van der Waals surface area contributed by atoms with Crippen LogP contribution in [0.25, 0.3) is 5.65 Å². The average molecular weight is 372 g/mol. The third kappa shape index (κ3) is 3.57. The number of nitrogens with two attached hydrogens (primary N) is 1. The molecule has 3 aromatic rings. The van der Waals surface area contributed by atoms with Crippen LogP contribution in [0.3, 0.4) is 0 Å². The Bertz CT molecular complexity index is 1030. The molecule has 0 saturated carbocycles. The molecular weight excluding hydrogens is 354 g/mol. The molecular formula is C18H18F2N6O. The Balaban J connectivity index is 1.95. The predicted molar refractivity (Wildman–Crippen MR) is 99.0 cm³/mol. The number of anilines is 1. The summed E-state index contributed by atoms with van der Waals surface area (Å²) in [5.41, 5.74) is 7.63. The van der Waals surface area contributed by atoms with Crippen molar-refractivity contribution in [1.82, 2.24) is 14.6 Å². The fourth-order valence-corrected chi connectivity index (χ4v) is 2.74. The van der Waals surface area contributed by atoms with Crippen LogP contribution in [0.4, 0.5) is 14.6 Å². The molecule has 3 N–H and O–H groups in total. The smallest absolute Gasteiger partial charge is 0.171 e. The second-order valence-electron chi connectivity index (χ2n) is 5.55. The number of hydrogen-bond acceptors (Lipinski definition) is 6. The Morgan fingerprint density at radius 2 is 2.19 bits per heavy atom. The Morgan fingerprint density at radius 1 is 1.37 bits per heavy atom. The van der Waals surface area contributed by atoms with Gasteiger partial charge >= 0.3 is 0 Å². The number of allylic oxidation sites excluding steroid dienone is 1. The SMILES string of the molecule is CN=C(C=CN)c1ccc(NCc2c(F)cc(F)cc2OC)n2cnnc12. The molecule has 27 heavy (non-hydrogen) atoms. The Hall–Kier alpha value is -3.49. The molecule has 0 spiro atoms. The van der Waals surface area contributed by atoms with Gasteiger partial charge in [-0.05, 0) is 24.4 Å². The van der Waals surface area contributed by atoms with Gasteiger partial charge in [-0.3, -0.25) is 9.39 Å². The van der Waals surface area contributed by atoms with Gasteiger partial charge in [-0.25, -0.2) is 8.78 Å². The maximum absolute atomic E-state index is 14.1. The molecule has 0 aliphatic heterocycles. The molecule has 140 valence electrons. The van der Waals surface area contributed by atoms with E-state index in [2.05, 4.69) is 20.5 Å². The molecule has 0 saturated heterocycles. The van der Waals surface area contributed by atoms with Gasteiger partial charge in [0.05, 0.1) is 12.8 Å². The highest BCUT2D eigenvalue weighted by Crippen LogP contribution is 2.25. The maximum Gasteiger partial charge on any atom is 0.171 e. The second-order valence-corrected chi connectivity index (χ2v) is 5.55. The number of methoxy groups -OCH3 is 1. The molecule has 0 aliphatic carbocycles. The number of halogens is 2. The first-order valence-corrected chi connectivity index (χ1v) is 8.03. The van der Waals surface area contributed by atoms with E-state index >= 15 is 0 Å². The summed E-state index contributed by atoms with van der Waals surface area (Å²) in [6.07, 6.45) is 4.58.